The van der Waals surface area contributed by atoms with Crippen LogP contribution in [-0.2, 0) is 4.74 Å². The van der Waals surface area contributed by atoms with Crippen LogP contribution in [0.3, 0.4) is 0 Å². The van der Waals surface area contributed by atoms with Crippen molar-refractivity contribution in [2.24, 2.45) is 0 Å². The lowest BCUT2D eigenvalue weighted by molar-refractivity contribution is 0.0594. The molecule has 0 N–H and O–H groups in total. The summed E-state index contributed by atoms with van der Waals surface area (Å²) < 4.78 is 19.8. The molecule has 0 radical (unpaired) electrons. The number of hydrogen-bond donors (Lipinski definition) is 0. The summed E-state index contributed by atoms with van der Waals surface area (Å²) in [4.78, 5) is 15.8. The second-order valence-electron chi connectivity index (χ2n) is 4.41. The number of rotatable bonds is 2. The zero-order valence-corrected chi connectivity index (χ0v) is 13.5. The molecule has 0 aliphatic carbocycles. The van der Waals surface area contributed by atoms with Gasteiger partial charge in [0.15, 0.2) is 5.69 Å². The highest BCUT2D eigenvalue weighted by Crippen LogP contribution is 2.36. The van der Waals surface area contributed by atoms with Gasteiger partial charge in [-0.25, -0.2) is 14.2 Å². The molecule has 0 unspecified atom stereocenters. The molecule has 1 aromatic carbocycles. The summed E-state index contributed by atoms with van der Waals surface area (Å²) in [6, 6.07) is 6.53. The summed E-state index contributed by atoms with van der Waals surface area (Å²) in [7, 11) is 1.22. The van der Waals surface area contributed by atoms with Crippen molar-refractivity contribution in [3.63, 3.8) is 0 Å². The lowest BCUT2D eigenvalue weighted by atomic mass is 10.1. The molecule has 0 aliphatic rings. The molecule has 22 heavy (non-hydrogen) atoms. The number of ether oxygens (including phenoxy) is 1. The van der Waals surface area contributed by atoms with Crippen molar-refractivity contribution in [3.05, 3.63) is 51.2 Å². The first kappa shape index (κ1) is 15.2. The highest BCUT2D eigenvalue weighted by atomic mass is 35.5. The molecule has 3 aromatic rings. The Kier molecular flexibility index (Phi) is 4.04. The lowest BCUT2D eigenvalue weighted by Crippen LogP contribution is -2.06. The van der Waals surface area contributed by atoms with Crippen LogP contribution in [0.4, 0.5) is 4.39 Å². The van der Waals surface area contributed by atoms with E-state index in [0.717, 1.165) is 5.39 Å². The molecule has 2 aromatic heterocycles. The van der Waals surface area contributed by atoms with Crippen LogP contribution < -0.4 is 0 Å². The predicted molar refractivity (Wildman–Crippen MR) is 86.4 cm³/mol. The van der Waals surface area contributed by atoms with E-state index in [1.165, 1.54) is 24.5 Å². The zero-order valence-electron chi connectivity index (χ0n) is 11.2. The van der Waals surface area contributed by atoms with Gasteiger partial charge in [0.1, 0.15) is 5.82 Å². The van der Waals surface area contributed by atoms with Crippen molar-refractivity contribution in [2.45, 2.75) is 0 Å². The summed E-state index contributed by atoms with van der Waals surface area (Å²) in [5, 5.41) is 2.81. The minimum atomic E-state index is -0.708. The Morgan fingerprint density at radius 3 is 2.77 bits per heavy atom. The van der Waals surface area contributed by atoms with E-state index in [1.807, 2.05) is 6.07 Å². The highest BCUT2D eigenvalue weighted by Gasteiger charge is 2.20. The Morgan fingerprint density at radius 2 is 2.05 bits per heavy atom. The average Bonchev–Trinajstić information content (AvgIpc) is 2.97. The molecule has 0 fully saturated rings. The number of aromatic nitrogens is 1. The molecule has 2 heterocycles. The predicted octanol–water partition coefficient (Wildman–Crippen LogP) is 5.20. The van der Waals surface area contributed by atoms with Gasteiger partial charge < -0.3 is 4.74 Å². The second kappa shape index (κ2) is 5.83. The molecule has 3 rings (SSSR count). The van der Waals surface area contributed by atoms with E-state index >= 15 is 0 Å². The summed E-state index contributed by atoms with van der Waals surface area (Å²) in [6.45, 7) is 0. The normalized spacial score (nSPS) is 10.9. The number of benzene rings is 1. The monoisotopic (exact) mass is 355 g/mol. The van der Waals surface area contributed by atoms with E-state index in [2.05, 4.69) is 9.72 Å². The standard InChI is InChI=1S/C15H8Cl2FNO2S/c1-21-15(20)13-10(17)6-9(16)12(19-13)8-3-2-7-4-5-22-14(7)11(8)18/h2-6H,1H3. The molecule has 0 saturated heterocycles. The maximum absolute atomic E-state index is 14.6. The third kappa shape index (κ3) is 2.45. The van der Waals surface area contributed by atoms with Crippen LogP contribution in [-0.4, -0.2) is 18.1 Å². The number of fused-ring (bicyclic) bond motifs is 1. The fourth-order valence-corrected chi connectivity index (χ4v) is 3.45. The fourth-order valence-electron chi connectivity index (χ4n) is 2.08. The molecular formula is C15H8Cl2FNO2S. The molecule has 0 bridgehead atoms. The summed E-state index contributed by atoms with van der Waals surface area (Å²) >= 11 is 13.3. The second-order valence-corrected chi connectivity index (χ2v) is 6.14. The van der Waals surface area contributed by atoms with Crippen molar-refractivity contribution in [1.29, 1.82) is 0 Å². The van der Waals surface area contributed by atoms with Crippen LogP contribution in [0, 0.1) is 5.82 Å². The van der Waals surface area contributed by atoms with Crippen molar-refractivity contribution in [2.75, 3.05) is 7.11 Å². The Bertz CT molecular complexity index is 895. The average molecular weight is 356 g/mol. The highest BCUT2D eigenvalue weighted by molar-refractivity contribution is 7.17. The molecule has 7 heteroatoms. The number of pyridine rings is 1. The molecular weight excluding hydrogens is 348 g/mol. The molecule has 0 spiro atoms. The van der Waals surface area contributed by atoms with Crippen LogP contribution in [0.15, 0.2) is 29.6 Å². The summed E-state index contributed by atoms with van der Waals surface area (Å²) in [5.41, 5.74) is 0.260. The van der Waals surface area contributed by atoms with Gasteiger partial charge in [-0.1, -0.05) is 29.3 Å². The van der Waals surface area contributed by atoms with Crippen LogP contribution in [0.1, 0.15) is 10.5 Å². The van der Waals surface area contributed by atoms with Gasteiger partial charge >= 0.3 is 5.97 Å². The number of carbonyl (C=O) groups is 1. The van der Waals surface area contributed by atoms with Gasteiger partial charge in [-0.15, -0.1) is 11.3 Å². The Balaban J connectivity index is 2.25. The topological polar surface area (TPSA) is 39.2 Å². The van der Waals surface area contributed by atoms with Gasteiger partial charge in [0.2, 0.25) is 0 Å². The first-order chi connectivity index (χ1) is 10.5. The quantitative estimate of drug-likeness (QED) is 0.593. The summed E-state index contributed by atoms with van der Waals surface area (Å²) in [5.74, 6) is -1.14. The molecule has 0 atom stereocenters. The Hall–Kier alpha value is -1.69. The molecule has 0 aliphatic heterocycles. The van der Waals surface area contributed by atoms with E-state index in [1.54, 1.807) is 17.5 Å². The first-order valence-electron chi connectivity index (χ1n) is 6.13. The smallest absolute Gasteiger partial charge is 0.358 e. The number of esters is 1. The first-order valence-corrected chi connectivity index (χ1v) is 7.77. The van der Waals surface area contributed by atoms with Crippen molar-refractivity contribution in [3.8, 4) is 11.3 Å². The fraction of sp³-hybridized carbons (Fsp3) is 0.0667. The Labute approximate surface area is 139 Å². The van der Waals surface area contributed by atoms with Crippen LogP contribution in [0.5, 0.6) is 0 Å². The van der Waals surface area contributed by atoms with Crippen molar-refractivity contribution < 1.29 is 13.9 Å². The molecule has 3 nitrogen and oxygen atoms in total. The number of methoxy groups -OCH3 is 1. The van der Waals surface area contributed by atoms with Crippen molar-refractivity contribution >= 4 is 50.6 Å². The van der Waals surface area contributed by atoms with Gasteiger partial charge in [0.25, 0.3) is 0 Å². The number of hydrogen-bond acceptors (Lipinski definition) is 4. The van der Waals surface area contributed by atoms with E-state index < -0.39 is 11.8 Å². The lowest BCUT2D eigenvalue weighted by Gasteiger charge is -2.09. The van der Waals surface area contributed by atoms with E-state index in [0.29, 0.717) is 4.70 Å². The number of carbonyl (C=O) groups excluding carboxylic acids is 1. The van der Waals surface area contributed by atoms with Gasteiger partial charge in [-0.3, -0.25) is 0 Å². The van der Waals surface area contributed by atoms with E-state index in [-0.39, 0.29) is 27.0 Å². The van der Waals surface area contributed by atoms with Gasteiger partial charge in [0.05, 0.1) is 27.5 Å². The van der Waals surface area contributed by atoms with Gasteiger partial charge in [-0.05, 0) is 29.0 Å². The minimum absolute atomic E-state index is 0.0539. The SMILES string of the molecule is COC(=O)c1nc(-c2ccc3ccsc3c2F)c(Cl)cc1Cl. The molecule has 0 saturated carbocycles. The van der Waals surface area contributed by atoms with E-state index in [4.69, 9.17) is 23.2 Å². The van der Waals surface area contributed by atoms with Crippen LogP contribution >= 0.6 is 34.5 Å². The number of halogens is 3. The minimum Gasteiger partial charge on any atom is -0.464 e. The van der Waals surface area contributed by atoms with E-state index in [9.17, 15) is 9.18 Å². The van der Waals surface area contributed by atoms with Crippen molar-refractivity contribution in [1.82, 2.24) is 4.98 Å². The molecule has 0 amide bonds. The van der Waals surface area contributed by atoms with Gasteiger partial charge in [0, 0.05) is 5.56 Å². The zero-order chi connectivity index (χ0) is 15.9. The van der Waals surface area contributed by atoms with Gasteiger partial charge in [-0.2, -0.15) is 0 Å². The largest absolute Gasteiger partial charge is 0.464 e. The number of nitrogens with zero attached hydrogens (tertiary/aromatic N) is 1. The maximum atomic E-state index is 14.6. The number of thiophene rings is 1. The Morgan fingerprint density at radius 1 is 1.27 bits per heavy atom. The third-order valence-electron chi connectivity index (χ3n) is 3.12. The van der Waals surface area contributed by atoms with Crippen LogP contribution in [0.25, 0.3) is 21.3 Å². The molecule has 112 valence electrons. The third-order valence-corrected chi connectivity index (χ3v) is 4.62. The summed E-state index contributed by atoms with van der Waals surface area (Å²) in [6.07, 6.45) is 0. The maximum Gasteiger partial charge on any atom is 0.358 e. The van der Waals surface area contributed by atoms with Crippen LogP contribution in [0.2, 0.25) is 10.0 Å².